The van der Waals surface area contributed by atoms with Crippen molar-refractivity contribution >= 4 is 17.6 Å². The molecular formula is C7H12ClNO2. The van der Waals surface area contributed by atoms with Gasteiger partial charge in [-0.15, -0.1) is 11.6 Å². The average Bonchev–Trinajstić information content (AvgIpc) is 1.97. The van der Waals surface area contributed by atoms with Crippen LogP contribution in [0.1, 0.15) is 13.3 Å². The molecule has 2 N–H and O–H groups in total. The van der Waals surface area contributed by atoms with Crippen molar-refractivity contribution in [3.63, 3.8) is 0 Å². The molecule has 0 aromatic heterocycles. The summed E-state index contributed by atoms with van der Waals surface area (Å²) in [5, 5.41) is 11.3. The Morgan fingerprint density at radius 3 is 2.73 bits per heavy atom. The Labute approximate surface area is 71.0 Å². The molecule has 64 valence electrons. The summed E-state index contributed by atoms with van der Waals surface area (Å²) in [4.78, 5) is 10.1. The molecular weight excluding hydrogens is 166 g/mol. The minimum atomic E-state index is -0.842. The zero-order valence-corrected chi connectivity index (χ0v) is 7.19. The Kier molecular flexibility index (Phi) is 5.65. The van der Waals surface area contributed by atoms with Gasteiger partial charge in [-0.1, -0.05) is 6.08 Å². The number of alkyl halides is 1. The Morgan fingerprint density at radius 1 is 1.73 bits per heavy atom. The van der Waals surface area contributed by atoms with Crippen LogP contribution in [0.15, 0.2) is 11.8 Å². The first kappa shape index (κ1) is 10.3. The molecule has 0 unspecified atom stereocenters. The van der Waals surface area contributed by atoms with Crippen molar-refractivity contribution in [2.45, 2.75) is 13.3 Å². The second kappa shape index (κ2) is 6.04. The normalized spacial score (nSPS) is 11.3. The van der Waals surface area contributed by atoms with Gasteiger partial charge in [0.1, 0.15) is 0 Å². The second-order valence-electron chi connectivity index (χ2n) is 1.99. The second-order valence-corrected chi connectivity index (χ2v) is 2.26. The first-order valence-electron chi connectivity index (χ1n) is 3.41. The third kappa shape index (κ3) is 5.73. The summed E-state index contributed by atoms with van der Waals surface area (Å²) in [6.45, 7) is 2.69. The van der Waals surface area contributed by atoms with E-state index in [9.17, 15) is 4.79 Å². The van der Waals surface area contributed by atoms with Crippen molar-refractivity contribution in [3.05, 3.63) is 11.8 Å². The van der Waals surface area contributed by atoms with Crippen LogP contribution in [-0.2, 0) is 4.79 Å². The lowest BCUT2D eigenvalue weighted by Crippen LogP contribution is -2.13. The fraction of sp³-hybridized carbons (Fsp3) is 0.571. The van der Waals surface area contributed by atoms with E-state index in [0.717, 1.165) is 12.2 Å². The lowest BCUT2D eigenvalue weighted by molar-refractivity contribution is -0.136. The number of aliphatic carboxylic acids is 1. The van der Waals surface area contributed by atoms with Gasteiger partial charge < -0.3 is 10.4 Å². The van der Waals surface area contributed by atoms with Crippen molar-refractivity contribution < 1.29 is 9.90 Å². The number of hydrogen-bond acceptors (Lipinski definition) is 2. The molecule has 0 amide bonds. The summed E-state index contributed by atoms with van der Waals surface area (Å²) >= 11 is 5.51. The predicted octanol–water partition coefficient (Wildman–Crippen LogP) is 1.19. The van der Waals surface area contributed by atoms with Gasteiger partial charge in [-0.25, -0.2) is 0 Å². The van der Waals surface area contributed by atoms with Crippen molar-refractivity contribution in [1.29, 1.82) is 0 Å². The number of nitrogens with one attached hydrogen (secondary N) is 1. The Hall–Kier alpha value is -0.700. The zero-order chi connectivity index (χ0) is 8.69. The maximum Gasteiger partial charge on any atom is 0.307 e. The highest BCUT2D eigenvalue weighted by Crippen LogP contribution is 1.95. The summed E-state index contributed by atoms with van der Waals surface area (Å²) < 4.78 is 0. The van der Waals surface area contributed by atoms with Crippen molar-refractivity contribution in [3.8, 4) is 0 Å². The monoisotopic (exact) mass is 177 g/mol. The highest BCUT2D eigenvalue weighted by atomic mass is 35.5. The lowest BCUT2D eigenvalue weighted by Gasteiger charge is -2.03. The van der Waals surface area contributed by atoms with Gasteiger partial charge in [0.15, 0.2) is 0 Å². The number of carbonyl (C=O) groups is 1. The van der Waals surface area contributed by atoms with Gasteiger partial charge in [-0.3, -0.25) is 4.79 Å². The minimum Gasteiger partial charge on any atom is -0.481 e. The molecule has 0 saturated heterocycles. The molecule has 0 aliphatic heterocycles. The summed E-state index contributed by atoms with van der Waals surface area (Å²) in [5.41, 5.74) is 0.775. The molecule has 0 heterocycles. The molecule has 0 atom stereocenters. The van der Waals surface area contributed by atoms with E-state index in [0.29, 0.717) is 5.88 Å². The number of carboxylic acids is 1. The zero-order valence-electron chi connectivity index (χ0n) is 6.43. The number of carboxylic acid groups (broad SMARTS) is 1. The van der Waals surface area contributed by atoms with E-state index in [2.05, 4.69) is 5.32 Å². The standard InChI is InChI=1S/C7H12ClNO2/c1-2-9-6(5-8)3-4-7(10)11/h3,9H,2,4-5H2,1H3,(H,10,11). The van der Waals surface area contributed by atoms with Gasteiger partial charge in [0.05, 0.1) is 12.3 Å². The molecule has 0 aliphatic rings. The van der Waals surface area contributed by atoms with E-state index in [1.54, 1.807) is 6.08 Å². The van der Waals surface area contributed by atoms with Crippen LogP contribution in [0, 0.1) is 0 Å². The van der Waals surface area contributed by atoms with Gasteiger partial charge in [-0.05, 0) is 6.92 Å². The van der Waals surface area contributed by atoms with Crippen LogP contribution in [0.4, 0.5) is 0 Å². The first-order chi connectivity index (χ1) is 5.20. The van der Waals surface area contributed by atoms with Crippen molar-refractivity contribution in [2.24, 2.45) is 0 Å². The van der Waals surface area contributed by atoms with E-state index < -0.39 is 5.97 Å². The van der Waals surface area contributed by atoms with Crippen LogP contribution >= 0.6 is 11.6 Å². The molecule has 4 heteroatoms. The van der Waals surface area contributed by atoms with Crippen LogP contribution in [0.5, 0.6) is 0 Å². The maximum absolute atomic E-state index is 10.1. The summed E-state index contributed by atoms with van der Waals surface area (Å²) in [5.74, 6) is -0.508. The Morgan fingerprint density at radius 2 is 2.36 bits per heavy atom. The molecule has 0 aromatic carbocycles. The SMILES string of the molecule is CCNC(=CCC(=O)O)CCl. The van der Waals surface area contributed by atoms with Crippen LogP contribution < -0.4 is 5.32 Å². The smallest absolute Gasteiger partial charge is 0.307 e. The highest BCUT2D eigenvalue weighted by molar-refractivity contribution is 6.19. The molecule has 0 aromatic rings. The van der Waals surface area contributed by atoms with E-state index in [4.69, 9.17) is 16.7 Å². The van der Waals surface area contributed by atoms with Crippen LogP contribution in [0.2, 0.25) is 0 Å². The van der Waals surface area contributed by atoms with Gasteiger partial charge in [0.2, 0.25) is 0 Å². The highest BCUT2D eigenvalue weighted by Gasteiger charge is 1.95. The van der Waals surface area contributed by atoms with Crippen LogP contribution in [0.25, 0.3) is 0 Å². The predicted molar refractivity (Wildman–Crippen MR) is 44.7 cm³/mol. The number of rotatable bonds is 5. The number of halogens is 1. The molecule has 0 aliphatic carbocycles. The summed E-state index contributed by atoms with van der Waals surface area (Å²) in [7, 11) is 0. The number of allylic oxidation sites excluding steroid dienone is 1. The molecule has 0 radical (unpaired) electrons. The molecule has 0 rings (SSSR count). The minimum absolute atomic E-state index is 0.0229. The van der Waals surface area contributed by atoms with Gasteiger partial charge in [0, 0.05) is 12.2 Å². The Bertz CT molecular complexity index is 157. The maximum atomic E-state index is 10.1. The molecule has 3 nitrogen and oxygen atoms in total. The largest absolute Gasteiger partial charge is 0.481 e. The Balaban J connectivity index is 3.80. The van der Waals surface area contributed by atoms with Gasteiger partial charge in [-0.2, -0.15) is 0 Å². The molecule has 0 spiro atoms. The quantitative estimate of drug-likeness (QED) is 0.621. The van der Waals surface area contributed by atoms with E-state index >= 15 is 0 Å². The average molecular weight is 178 g/mol. The molecule has 0 fully saturated rings. The third-order valence-corrected chi connectivity index (χ3v) is 1.36. The van der Waals surface area contributed by atoms with Gasteiger partial charge in [0.25, 0.3) is 0 Å². The fourth-order valence-electron chi connectivity index (χ4n) is 0.612. The summed E-state index contributed by atoms with van der Waals surface area (Å²) in [6.07, 6.45) is 1.61. The topological polar surface area (TPSA) is 49.3 Å². The van der Waals surface area contributed by atoms with E-state index in [1.807, 2.05) is 6.92 Å². The molecule has 11 heavy (non-hydrogen) atoms. The van der Waals surface area contributed by atoms with Gasteiger partial charge >= 0.3 is 5.97 Å². The van der Waals surface area contributed by atoms with Crippen LogP contribution in [-0.4, -0.2) is 23.5 Å². The van der Waals surface area contributed by atoms with Crippen LogP contribution in [0.3, 0.4) is 0 Å². The fourth-order valence-corrected chi connectivity index (χ4v) is 0.815. The van der Waals surface area contributed by atoms with E-state index in [-0.39, 0.29) is 6.42 Å². The van der Waals surface area contributed by atoms with Crippen molar-refractivity contribution in [2.75, 3.05) is 12.4 Å². The number of hydrogen-bond donors (Lipinski definition) is 2. The van der Waals surface area contributed by atoms with E-state index in [1.165, 1.54) is 0 Å². The third-order valence-electron chi connectivity index (χ3n) is 1.07. The van der Waals surface area contributed by atoms with Crippen molar-refractivity contribution in [1.82, 2.24) is 5.32 Å². The molecule has 0 saturated carbocycles. The lowest BCUT2D eigenvalue weighted by atomic mass is 10.3. The first-order valence-corrected chi connectivity index (χ1v) is 3.94. The molecule has 0 bridgehead atoms. The summed E-state index contributed by atoms with van der Waals surface area (Å²) in [6, 6.07) is 0.